The summed E-state index contributed by atoms with van der Waals surface area (Å²) in [5, 5.41) is 6.23. The number of carbonyl (C=O) groups is 1. The van der Waals surface area contributed by atoms with Gasteiger partial charge in [0, 0.05) is 27.8 Å². The molecule has 1 amide bonds. The molecule has 0 bridgehead atoms. The van der Waals surface area contributed by atoms with Gasteiger partial charge in [-0.1, -0.05) is 54.2 Å². The Labute approximate surface area is 177 Å². The number of carbonyl (C=O) groups excluding carboxylic acids is 1. The minimum Gasteiger partial charge on any atom is -0.451 e. The lowest BCUT2D eigenvalue weighted by molar-refractivity contribution is 0.0910. The standard InChI is InChI=1S/C23H20N2O2S2/c1-14-12-28-23(24-14)29-13-18-17-8-4-5-9-20(17)27-21(18)22(26)25-19-11-10-15-6-2-3-7-16(15)19/h2-9,12,19H,10-11,13H2,1H3,(H,25,26). The van der Waals surface area contributed by atoms with Crippen LogP contribution in [0.25, 0.3) is 11.0 Å². The van der Waals surface area contributed by atoms with Gasteiger partial charge in [-0.3, -0.25) is 4.79 Å². The van der Waals surface area contributed by atoms with E-state index < -0.39 is 0 Å². The van der Waals surface area contributed by atoms with Gasteiger partial charge in [0.25, 0.3) is 5.91 Å². The van der Waals surface area contributed by atoms with Gasteiger partial charge >= 0.3 is 0 Å². The second-order valence-electron chi connectivity index (χ2n) is 7.21. The normalized spacial score (nSPS) is 15.6. The number of thioether (sulfide) groups is 1. The average molecular weight is 421 g/mol. The Balaban J connectivity index is 1.43. The highest BCUT2D eigenvalue weighted by Gasteiger charge is 2.27. The van der Waals surface area contributed by atoms with Gasteiger partial charge in [-0.15, -0.1) is 11.3 Å². The smallest absolute Gasteiger partial charge is 0.287 e. The maximum absolute atomic E-state index is 13.2. The summed E-state index contributed by atoms with van der Waals surface area (Å²) in [6, 6.07) is 16.2. The summed E-state index contributed by atoms with van der Waals surface area (Å²) in [5.41, 5.74) is 5.23. The molecule has 0 radical (unpaired) electrons. The Bertz CT molecular complexity index is 1190. The van der Waals surface area contributed by atoms with E-state index in [-0.39, 0.29) is 11.9 Å². The van der Waals surface area contributed by atoms with Gasteiger partial charge in [0.15, 0.2) is 5.76 Å². The lowest BCUT2D eigenvalue weighted by atomic mass is 10.1. The molecular formula is C23H20N2O2S2. The molecule has 1 unspecified atom stereocenters. The first kappa shape index (κ1) is 18.5. The first-order valence-electron chi connectivity index (χ1n) is 9.63. The van der Waals surface area contributed by atoms with Gasteiger partial charge in [0.05, 0.1) is 6.04 Å². The van der Waals surface area contributed by atoms with Gasteiger partial charge in [0.1, 0.15) is 9.92 Å². The van der Waals surface area contributed by atoms with E-state index in [2.05, 4.69) is 28.5 Å². The molecule has 1 atom stereocenters. The van der Waals surface area contributed by atoms with E-state index in [0.717, 1.165) is 39.4 Å². The molecule has 146 valence electrons. The molecule has 4 aromatic rings. The van der Waals surface area contributed by atoms with Crippen molar-refractivity contribution in [1.29, 1.82) is 0 Å². The van der Waals surface area contributed by atoms with Crippen LogP contribution in [0.3, 0.4) is 0 Å². The van der Waals surface area contributed by atoms with E-state index in [1.54, 1.807) is 23.1 Å². The summed E-state index contributed by atoms with van der Waals surface area (Å²) in [6.07, 6.45) is 1.92. The molecule has 6 heteroatoms. The highest BCUT2D eigenvalue weighted by molar-refractivity contribution is 8.00. The number of amides is 1. The van der Waals surface area contributed by atoms with Crippen LogP contribution >= 0.6 is 23.1 Å². The molecule has 5 rings (SSSR count). The van der Waals surface area contributed by atoms with Gasteiger partial charge in [-0.2, -0.15) is 0 Å². The van der Waals surface area contributed by atoms with E-state index in [1.165, 1.54) is 11.1 Å². The number of aromatic nitrogens is 1. The number of benzene rings is 2. The van der Waals surface area contributed by atoms with Gasteiger partial charge < -0.3 is 9.73 Å². The summed E-state index contributed by atoms with van der Waals surface area (Å²) in [4.78, 5) is 17.7. The molecule has 29 heavy (non-hydrogen) atoms. The van der Waals surface area contributed by atoms with Crippen molar-refractivity contribution >= 4 is 40.0 Å². The van der Waals surface area contributed by atoms with Crippen molar-refractivity contribution in [3.63, 3.8) is 0 Å². The SMILES string of the molecule is Cc1csc(SCc2c(C(=O)NC3CCc4ccccc43)oc3ccccc23)n1. The number of furan rings is 1. The van der Waals surface area contributed by atoms with E-state index in [4.69, 9.17) is 4.42 Å². The number of nitrogens with one attached hydrogen (secondary N) is 1. The summed E-state index contributed by atoms with van der Waals surface area (Å²) in [5.74, 6) is 0.915. The zero-order valence-corrected chi connectivity index (χ0v) is 17.6. The number of rotatable bonds is 5. The van der Waals surface area contributed by atoms with Crippen LogP contribution in [-0.4, -0.2) is 10.9 Å². The monoisotopic (exact) mass is 420 g/mol. The molecule has 2 aromatic carbocycles. The Morgan fingerprint density at radius 3 is 2.93 bits per heavy atom. The zero-order chi connectivity index (χ0) is 19.8. The van der Waals surface area contributed by atoms with Crippen LogP contribution < -0.4 is 5.32 Å². The third kappa shape index (κ3) is 3.58. The third-order valence-electron chi connectivity index (χ3n) is 5.28. The number of aryl methyl sites for hydroxylation is 2. The molecule has 0 spiro atoms. The Morgan fingerprint density at radius 1 is 1.24 bits per heavy atom. The van der Waals surface area contributed by atoms with Crippen LogP contribution in [0.15, 0.2) is 62.7 Å². The summed E-state index contributed by atoms with van der Waals surface area (Å²) < 4.78 is 7.01. The van der Waals surface area contributed by atoms with Crippen LogP contribution in [-0.2, 0) is 12.2 Å². The molecule has 2 aromatic heterocycles. The molecule has 1 N–H and O–H groups in total. The van der Waals surface area contributed by atoms with E-state index in [0.29, 0.717) is 11.5 Å². The molecule has 1 aliphatic rings. The van der Waals surface area contributed by atoms with Gasteiger partial charge in [-0.25, -0.2) is 4.98 Å². The lowest BCUT2D eigenvalue weighted by Crippen LogP contribution is -2.27. The van der Waals surface area contributed by atoms with Crippen molar-refractivity contribution in [1.82, 2.24) is 10.3 Å². The molecule has 0 saturated carbocycles. The van der Waals surface area contributed by atoms with Crippen LogP contribution in [0.1, 0.15) is 45.4 Å². The van der Waals surface area contributed by atoms with E-state index in [1.807, 2.05) is 42.6 Å². The predicted molar refractivity (Wildman–Crippen MR) is 118 cm³/mol. The molecular weight excluding hydrogens is 400 g/mol. The molecule has 1 aliphatic carbocycles. The molecule has 0 saturated heterocycles. The number of fused-ring (bicyclic) bond motifs is 2. The van der Waals surface area contributed by atoms with E-state index >= 15 is 0 Å². The summed E-state index contributed by atoms with van der Waals surface area (Å²) >= 11 is 3.27. The Morgan fingerprint density at radius 2 is 2.07 bits per heavy atom. The van der Waals surface area contributed by atoms with Gasteiger partial charge in [-0.05, 0) is 37.0 Å². The maximum atomic E-state index is 13.2. The predicted octanol–water partition coefficient (Wildman–Crippen LogP) is 5.91. The molecule has 0 aliphatic heterocycles. The highest BCUT2D eigenvalue weighted by atomic mass is 32.2. The first-order valence-corrected chi connectivity index (χ1v) is 11.5. The third-order valence-corrected chi connectivity index (χ3v) is 7.45. The highest BCUT2D eigenvalue weighted by Crippen LogP contribution is 2.35. The minimum absolute atomic E-state index is 0.0361. The molecule has 0 fully saturated rings. The summed E-state index contributed by atoms with van der Waals surface area (Å²) in [7, 11) is 0. The number of hydrogen-bond donors (Lipinski definition) is 1. The van der Waals surface area contributed by atoms with Crippen molar-refractivity contribution in [3.05, 3.63) is 82.1 Å². The fourth-order valence-electron chi connectivity index (χ4n) is 3.89. The molecule has 4 nitrogen and oxygen atoms in total. The van der Waals surface area contributed by atoms with Gasteiger partial charge in [0.2, 0.25) is 0 Å². The average Bonchev–Trinajstić information content (AvgIpc) is 3.43. The number of para-hydroxylation sites is 1. The zero-order valence-electron chi connectivity index (χ0n) is 16.0. The van der Waals surface area contributed by atoms with Crippen LogP contribution in [0, 0.1) is 6.92 Å². The first-order chi connectivity index (χ1) is 14.2. The second-order valence-corrected chi connectivity index (χ2v) is 9.29. The maximum Gasteiger partial charge on any atom is 0.287 e. The van der Waals surface area contributed by atoms with Crippen molar-refractivity contribution < 1.29 is 9.21 Å². The lowest BCUT2D eigenvalue weighted by Gasteiger charge is -2.13. The number of nitrogens with zero attached hydrogens (tertiary/aromatic N) is 1. The quantitative estimate of drug-likeness (QED) is 0.408. The summed E-state index contributed by atoms with van der Waals surface area (Å²) in [6.45, 7) is 1.99. The topological polar surface area (TPSA) is 55.1 Å². The van der Waals surface area contributed by atoms with Crippen molar-refractivity contribution in [2.75, 3.05) is 0 Å². The largest absolute Gasteiger partial charge is 0.451 e. The van der Waals surface area contributed by atoms with Crippen molar-refractivity contribution in [2.45, 2.75) is 35.9 Å². The van der Waals surface area contributed by atoms with E-state index in [9.17, 15) is 4.79 Å². The van der Waals surface area contributed by atoms with Crippen LogP contribution in [0.2, 0.25) is 0 Å². The van der Waals surface area contributed by atoms with Crippen LogP contribution in [0.4, 0.5) is 0 Å². The van der Waals surface area contributed by atoms with Crippen LogP contribution in [0.5, 0.6) is 0 Å². The fourth-order valence-corrected chi connectivity index (χ4v) is 5.77. The Hall–Kier alpha value is -2.57. The Kier molecular flexibility index (Phi) is 4.89. The molecule has 2 heterocycles. The fraction of sp³-hybridized carbons (Fsp3) is 0.217. The van der Waals surface area contributed by atoms with Crippen molar-refractivity contribution in [2.24, 2.45) is 0 Å². The second kappa shape index (κ2) is 7.69. The number of hydrogen-bond acceptors (Lipinski definition) is 5. The number of thiazole rings is 1. The van der Waals surface area contributed by atoms with Crippen molar-refractivity contribution in [3.8, 4) is 0 Å². The minimum atomic E-state index is -0.145.